The fourth-order valence-electron chi connectivity index (χ4n) is 2.96. The van der Waals surface area contributed by atoms with Gasteiger partial charge in [0.25, 0.3) is 0 Å². The van der Waals surface area contributed by atoms with Gasteiger partial charge in [0.05, 0.1) is 6.04 Å². The molecule has 1 amide bonds. The second-order valence-electron chi connectivity index (χ2n) is 6.14. The normalized spacial score (nSPS) is 17.6. The molecule has 1 atom stereocenters. The van der Waals surface area contributed by atoms with Gasteiger partial charge < -0.3 is 9.73 Å². The number of piperidine rings is 1. The van der Waals surface area contributed by atoms with Crippen molar-refractivity contribution in [1.29, 1.82) is 0 Å². The Kier molecular flexibility index (Phi) is 4.89. The Morgan fingerprint density at radius 1 is 1.29 bits per heavy atom. The lowest BCUT2D eigenvalue weighted by Gasteiger charge is -2.33. The van der Waals surface area contributed by atoms with Crippen LogP contribution < -0.4 is 5.32 Å². The summed E-state index contributed by atoms with van der Waals surface area (Å²) in [5.41, 5.74) is 0.624. The first kappa shape index (κ1) is 16.6. The van der Waals surface area contributed by atoms with Crippen LogP contribution in [0.3, 0.4) is 0 Å². The maximum atomic E-state index is 12.9. The Bertz CT molecular complexity index is 693. The van der Waals surface area contributed by atoms with Gasteiger partial charge in [-0.05, 0) is 57.1 Å². The Labute approximate surface area is 140 Å². The summed E-state index contributed by atoms with van der Waals surface area (Å²) < 4.78 is 18.4. The molecule has 1 N–H and O–H groups in total. The van der Waals surface area contributed by atoms with E-state index in [1.54, 1.807) is 19.1 Å². The van der Waals surface area contributed by atoms with Crippen LogP contribution in [0.25, 0.3) is 0 Å². The van der Waals surface area contributed by atoms with Gasteiger partial charge in [-0.1, -0.05) is 0 Å². The zero-order chi connectivity index (χ0) is 17.1. The maximum absolute atomic E-state index is 12.9. The molecule has 128 valence electrons. The quantitative estimate of drug-likeness (QED) is 0.932. The summed E-state index contributed by atoms with van der Waals surface area (Å²) in [5.74, 6) is 0.809. The van der Waals surface area contributed by atoms with Crippen molar-refractivity contribution in [3.05, 3.63) is 41.9 Å². The molecule has 0 bridgehead atoms. The number of benzene rings is 1. The lowest BCUT2D eigenvalue weighted by molar-refractivity contribution is -0.121. The van der Waals surface area contributed by atoms with Crippen molar-refractivity contribution in [2.75, 3.05) is 18.4 Å². The molecule has 1 aliphatic rings. The summed E-state index contributed by atoms with van der Waals surface area (Å²) in [6, 6.07) is 5.87. The molecule has 1 unspecified atom stereocenters. The number of anilines is 1. The summed E-state index contributed by atoms with van der Waals surface area (Å²) in [5, 5.41) is 10.8. The Hall–Kier alpha value is -2.28. The number of nitrogens with zero attached hydrogens (tertiary/aromatic N) is 3. The van der Waals surface area contributed by atoms with Crippen molar-refractivity contribution in [1.82, 2.24) is 15.1 Å². The summed E-state index contributed by atoms with van der Waals surface area (Å²) in [6.07, 6.45) is 1.54. The SMILES string of the molecule is Cc1nnc(C(C)N2CCC(C(=O)Nc3ccc(F)cc3)CC2)o1. The van der Waals surface area contributed by atoms with E-state index in [4.69, 9.17) is 4.42 Å². The average molecular weight is 332 g/mol. The topological polar surface area (TPSA) is 71.3 Å². The number of halogens is 1. The minimum atomic E-state index is -0.313. The monoisotopic (exact) mass is 332 g/mol. The third-order valence-electron chi connectivity index (χ3n) is 4.46. The fourth-order valence-corrected chi connectivity index (χ4v) is 2.96. The zero-order valence-electron chi connectivity index (χ0n) is 13.8. The zero-order valence-corrected chi connectivity index (χ0v) is 13.8. The second kappa shape index (κ2) is 7.09. The summed E-state index contributed by atoms with van der Waals surface area (Å²) in [4.78, 5) is 14.6. The number of hydrogen-bond acceptors (Lipinski definition) is 5. The van der Waals surface area contributed by atoms with Crippen molar-refractivity contribution in [2.45, 2.75) is 32.7 Å². The molecule has 7 heteroatoms. The summed E-state index contributed by atoms with van der Waals surface area (Å²) in [7, 11) is 0. The number of likely N-dealkylation sites (tertiary alicyclic amines) is 1. The molecule has 1 fully saturated rings. The van der Waals surface area contributed by atoms with Crippen molar-refractivity contribution < 1.29 is 13.6 Å². The minimum Gasteiger partial charge on any atom is -0.424 e. The number of rotatable bonds is 4. The van der Waals surface area contributed by atoms with Crippen LogP contribution in [0.2, 0.25) is 0 Å². The molecule has 1 aromatic heterocycles. The summed E-state index contributed by atoms with van der Waals surface area (Å²) in [6.45, 7) is 5.40. The molecule has 2 heterocycles. The molecule has 2 aromatic rings. The van der Waals surface area contributed by atoms with E-state index in [9.17, 15) is 9.18 Å². The minimum absolute atomic E-state index is 0.0115. The molecule has 0 aliphatic carbocycles. The molecule has 0 saturated carbocycles. The first-order valence-electron chi connectivity index (χ1n) is 8.13. The van der Waals surface area contributed by atoms with Crippen LogP contribution in [0.1, 0.15) is 37.6 Å². The molecule has 6 nitrogen and oxygen atoms in total. The van der Waals surface area contributed by atoms with Crippen LogP contribution in [0.4, 0.5) is 10.1 Å². The lowest BCUT2D eigenvalue weighted by Crippen LogP contribution is -2.39. The van der Waals surface area contributed by atoms with Crippen molar-refractivity contribution >= 4 is 11.6 Å². The van der Waals surface area contributed by atoms with E-state index in [1.165, 1.54) is 12.1 Å². The van der Waals surface area contributed by atoms with Gasteiger partial charge in [-0.25, -0.2) is 4.39 Å². The molecular weight excluding hydrogens is 311 g/mol. The van der Waals surface area contributed by atoms with E-state index < -0.39 is 0 Å². The number of carbonyl (C=O) groups excluding carboxylic acids is 1. The Morgan fingerprint density at radius 3 is 2.54 bits per heavy atom. The molecule has 1 aromatic carbocycles. The van der Waals surface area contributed by atoms with Crippen LogP contribution in [-0.2, 0) is 4.79 Å². The molecule has 0 radical (unpaired) electrons. The Balaban J connectivity index is 1.52. The second-order valence-corrected chi connectivity index (χ2v) is 6.14. The first-order chi connectivity index (χ1) is 11.5. The largest absolute Gasteiger partial charge is 0.424 e. The summed E-state index contributed by atoms with van der Waals surface area (Å²) >= 11 is 0. The highest BCUT2D eigenvalue weighted by atomic mass is 19.1. The fraction of sp³-hybridized carbons (Fsp3) is 0.471. The highest BCUT2D eigenvalue weighted by molar-refractivity contribution is 5.92. The van der Waals surface area contributed by atoms with Crippen LogP contribution in [-0.4, -0.2) is 34.1 Å². The van der Waals surface area contributed by atoms with Crippen LogP contribution in [0.15, 0.2) is 28.7 Å². The van der Waals surface area contributed by atoms with Gasteiger partial charge >= 0.3 is 0 Å². The van der Waals surface area contributed by atoms with Gasteiger partial charge in [-0.3, -0.25) is 9.69 Å². The maximum Gasteiger partial charge on any atom is 0.233 e. The molecule has 24 heavy (non-hydrogen) atoms. The smallest absolute Gasteiger partial charge is 0.233 e. The van der Waals surface area contributed by atoms with Crippen molar-refractivity contribution in [2.24, 2.45) is 5.92 Å². The number of aryl methyl sites for hydroxylation is 1. The number of hydrogen-bond donors (Lipinski definition) is 1. The predicted octanol–water partition coefficient (Wildman–Crippen LogP) is 2.93. The first-order valence-corrected chi connectivity index (χ1v) is 8.13. The highest BCUT2D eigenvalue weighted by Crippen LogP contribution is 2.26. The van der Waals surface area contributed by atoms with Gasteiger partial charge in [-0.15, -0.1) is 10.2 Å². The molecular formula is C17H21FN4O2. The van der Waals surface area contributed by atoms with E-state index in [0.717, 1.165) is 25.9 Å². The molecule has 0 spiro atoms. The predicted molar refractivity (Wildman–Crippen MR) is 86.8 cm³/mol. The van der Waals surface area contributed by atoms with Gasteiger partial charge in [0, 0.05) is 18.5 Å². The number of amides is 1. The van der Waals surface area contributed by atoms with E-state index in [2.05, 4.69) is 20.4 Å². The van der Waals surface area contributed by atoms with E-state index >= 15 is 0 Å². The van der Waals surface area contributed by atoms with Crippen molar-refractivity contribution in [3.63, 3.8) is 0 Å². The van der Waals surface area contributed by atoms with Gasteiger partial charge in [0.2, 0.25) is 17.7 Å². The van der Waals surface area contributed by atoms with Crippen molar-refractivity contribution in [3.8, 4) is 0 Å². The standard InChI is InChI=1S/C17H21FN4O2/c1-11(17-21-20-12(2)24-17)22-9-7-13(8-10-22)16(23)19-15-5-3-14(18)4-6-15/h3-6,11,13H,7-10H2,1-2H3,(H,19,23). The van der Waals surface area contributed by atoms with Gasteiger partial charge in [-0.2, -0.15) is 0 Å². The van der Waals surface area contributed by atoms with E-state index in [1.807, 2.05) is 6.92 Å². The third kappa shape index (κ3) is 3.79. The number of carbonyl (C=O) groups is 1. The van der Waals surface area contributed by atoms with Crippen LogP contribution in [0.5, 0.6) is 0 Å². The number of nitrogens with one attached hydrogen (secondary N) is 1. The average Bonchev–Trinajstić information content (AvgIpc) is 3.03. The third-order valence-corrected chi connectivity index (χ3v) is 4.46. The number of aromatic nitrogens is 2. The van der Waals surface area contributed by atoms with Gasteiger partial charge in [0.15, 0.2) is 0 Å². The van der Waals surface area contributed by atoms with E-state index in [0.29, 0.717) is 17.5 Å². The van der Waals surface area contributed by atoms with Crippen LogP contribution >= 0.6 is 0 Å². The Morgan fingerprint density at radius 2 is 1.96 bits per heavy atom. The molecule has 3 rings (SSSR count). The van der Waals surface area contributed by atoms with Crippen LogP contribution in [0, 0.1) is 18.7 Å². The lowest BCUT2D eigenvalue weighted by atomic mass is 9.95. The molecule has 1 aliphatic heterocycles. The molecule has 1 saturated heterocycles. The van der Waals surface area contributed by atoms with Gasteiger partial charge in [0.1, 0.15) is 5.82 Å². The highest BCUT2D eigenvalue weighted by Gasteiger charge is 2.29. The van der Waals surface area contributed by atoms with E-state index in [-0.39, 0.29) is 23.7 Å².